The third-order valence-electron chi connectivity index (χ3n) is 29.4. The minimum atomic E-state index is -1.63. The van der Waals surface area contributed by atoms with Crippen LogP contribution in [0.3, 0.4) is 0 Å². The number of nitro benzene ring substituents is 3. The molecule has 4 fully saturated rings. The van der Waals surface area contributed by atoms with Crippen molar-refractivity contribution >= 4 is 155 Å². The zero-order valence-electron chi connectivity index (χ0n) is 82.0. The number of carbonyl (C=O) groups excluding carboxylic acids is 9. The average Bonchev–Trinajstić information content (AvgIpc) is 1.38. The maximum atomic E-state index is 15.4. The minimum Gasteiger partial charge on any atom is 0 e. The van der Waals surface area contributed by atoms with Gasteiger partial charge in [0.25, 0.3) is 29.5 Å². The van der Waals surface area contributed by atoms with Crippen LogP contribution in [0.25, 0.3) is 50.1 Å². The summed E-state index contributed by atoms with van der Waals surface area (Å²) < 4.78 is 16.1. The number of phenolic OH excluding ortho intramolecular Hbond substituents is 3. The quantitative estimate of drug-likeness (QED) is 0.0173. The number of benzene rings is 13. The first-order valence-electron chi connectivity index (χ1n) is 46.9. The van der Waals surface area contributed by atoms with Crippen molar-refractivity contribution in [1.82, 2.24) is 0 Å². The smallest absolute Gasteiger partial charge is 0 e. The number of halogens is 2. The van der Waals surface area contributed by atoms with Crippen LogP contribution in [0.5, 0.6) is 17.2 Å². The first kappa shape index (κ1) is 108. The second-order valence-electron chi connectivity index (χ2n) is 36.9. The predicted molar refractivity (Wildman–Crippen MR) is 573 cm³/mol. The van der Waals surface area contributed by atoms with Crippen LogP contribution in [0.15, 0.2) is 344 Å². The van der Waals surface area contributed by atoms with Crippen LogP contribution in [0, 0.1) is 122 Å². The van der Waals surface area contributed by atoms with Crippen molar-refractivity contribution in [3.8, 4) is 39.5 Å². The Hall–Kier alpha value is -15.4. The van der Waals surface area contributed by atoms with E-state index < -0.39 is 127 Å². The van der Waals surface area contributed by atoms with Crippen LogP contribution in [-0.2, 0) is 48.4 Å². The normalized spacial score (nSPS) is 22.1. The van der Waals surface area contributed by atoms with Crippen LogP contribution in [0.1, 0.15) is 134 Å². The van der Waals surface area contributed by atoms with Crippen molar-refractivity contribution in [3.63, 3.8) is 0 Å². The third-order valence-corrected chi connectivity index (χ3v) is 31.6. The summed E-state index contributed by atoms with van der Waals surface area (Å²) in [4.78, 5) is 157. The van der Waals surface area contributed by atoms with Crippen LogP contribution < -0.4 is 14.7 Å². The van der Waals surface area contributed by atoms with Gasteiger partial charge >= 0.3 is 28.4 Å². The van der Waals surface area contributed by atoms with Gasteiger partial charge in [-0.25, -0.2) is 14.7 Å². The molecule has 0 aromatic heterocycles. The molecule has 6 amide bonds. The molecule has 4 heterocycles. The summed E-state index contributed by atoms with van der Waals surface area (Å²) in [7, 11) is 3.75. The molecule has 2 radical (unpaired) electrons. The number of hydrogen-bond acceptors (Lipinski definition) is 19. The van der Waals surface area contributed by atoms with Gasteiger partial charge in [-0.3, -0.25) is 73.5 Å². The van der Waals surface area contributed by atoms with Gasteiger partial charge in [0.05, 0.1) is 85.8 Å². The van der Waals surface area contributed by atoms with Crippen molar-refractivity contribution in [2.24, 2.45) is 33.0 Å². The van der Waals surface area contributed by atoms with E-state index in [0.717, 1.165) is 148 Å². The van der Waals surface area contributed by atoms with Gasteiger partial charge < -0.3 is 20.1 Å². The SMILES string of the molecule is C.C1CCOC1.CC12C(=O)C(C)(C(c3ccccc3)=C1c1ccccc1)C1(Br)C(=O)N(c3ccc(O)c([N+](=O)[O-])c3)C(=O)C21.CC1=C(c2ccccc2)C2(c3ccccc3)C3(C)C(=O)C(C)(C(c4ccccc4)=C3c3ccccc3)C2(C)C1=O.Cc1c2c(c(C)c(-c3ccccc3)c1-c1ccccc1)C(=O)N(c1ccc(O)c([N+](=O)[O-])c1)C2=O.Cc1ccccc1.O=C1C=C(Br)C(=O)N1c1ccc(O)c([N+](=O)[O-])c1.[2HH].[2H][B].[C-]#[O+].[U]. The number of rotatable bonds is 14. The number of carbonyl (C=O) groups is 9. The van der Waals surface area contributed by atoms with Crippen molar-refractivity contribution in [3.05, 3.63) is 442 Å². The number of alkyl halides is 1. The monoisotopic (exact) mass is 2330 g/mol. The summed E-state index contributed by atoms with van der Waals surface area (Å²) in [5.41, 5.74) is 8.86. The minimum absolute atomic E-state index is 0. The van der Waals surface area contributed by atoms with Crippen molar-refractivity contribution in [2.75, 3.05) is 27.9 Å². The molecule has 22 rings (SSSR count). The van der Waals surface area contributed by atoms with E-state index in [4.69, 9.17) is 10.7 Å². The molecule has 30 heteroatoms. The Kier molecular flexibility index (Phi) is 31.7. The molecule has 8 atom stereocenters. The summed E-state index contributed by atoms with van der Waals surface area (Å²) in [6.45, 7) is 23.9. The number of nitrogens with zero attached hydrogens (tertiary/aromatic N) is 6. The first-order valence-corrected chi connectivity index (χ1v) is 47.9. The fourth-order valence-corrected chi connectivity index (χ4v) is 24.9. The van der Waals surface area contributed by atoms with Gasteiger partial charge in [0.2, 0.25) is 5.91 Å². The number of ether oxygens (including phenoxy) is 1. The van der Waals surface area contributed by atoms with Crippen LogP contribution >= 0.6 is 31.9 Å². The number of allylic oxidation sites excluding steroid dienone is 6. The maximum absolute atomic E-state index is 15.4. The van der Waals surface area contributed by atoms with E-state index in [9.17, 15) is 84.0 Å². The molecule has 4 aliphatic heterocycles. The molecular weight excluding hydrogens is 2230 g/mol. The number of anilines is 3. The molecule has 5 aliphatic carbocycles. The largest absolute Gasteiger partial charge is 0 e. The van der Waals surface area contributed by atoms with Gasteiger partial charge in [-0.05, 0) is 229 Å². The predicted octanol–water partition coefficient (Wildman–Crippen LogP) is 23.8. The molecule has 2 saturated heterocycles. The Morgan fingerprint density at radius 3 is 1.07 bits per heavy atom. The van der Waals surface area contributed by atoms with E-state index in [1.807, 2.05) is 233 Å². The number of amides is 6. The zero-order chi connectivity index (χ0) is 106. The molecule has 744 valence electrons. The summed E-state index contributed by atoms with van der Waals surface area (Å²) in [5, 5.41) is 62.5. The second kappa shape index (κ2) is 43.3. The number of imide groups is 3. The Morgan fingerprint density at radius 2 is 0.736 bits per heavy atom. The van der Waals surface area contributed by atoms with E-state index in [1.54, 1.807) is 13.8 Å². The number of phenols is 3. The van der Waals surface area contributed by atoms with Crippen molar-refractivity contribution < 1.29 is 115 Å². The topological polar surface area (TPSA) is 383 Å². The Bertz CT molecular complexity index is 7620. The zero-order valence-corrected chi connectivity index (χ0v) is 88.3. The molecule has 26 nitrogen and oxygen atoms in total. The van der Waals surface area contributed by atoms with Crippen LogP contribution in [-0.4, -0.2) is 110 Å². The van der Waals surface area contributed by atoms with Crippen molar-refractivity contribution in [2.45, 2.75) is 92.3 Å². The van der Waals surface area contributed by atoms with Gasteiger partial charge in [-0.1, -0.05) is 302 Å². The molecule has 9 aliphatic rings. The number of fused-ring (bicyclic) bond motifs is 11. The van der Waals surface area contributed by atoms with Gasteiger partial charge in [-0.2, -0.15) is 0 Å². The maximum Gasteiger partial charge on any atom is 0 e. The summed E-state index contributed by atoms with van der Waals surface area (Å²) in [6, 6.07) is 99.5. The van der Waals surface area contributed by atoms with Crippen LogP contribution in [0.4, 0.5) is 34.1 Å². The molecule has 0 spiro atoms. The van der Waals surface area contributed by atoms with Gasteiger partial charge in [0.15, 0.2) is 34.6 Å². The van der Waals surface area contributed by atoms with Gasteiger partial charge in [0.1, 0.15) is 4.32 Å². The molecule has 13 aromatic rings. The number of nitro groups is 3. The Morgan fingerprint density at radius 1 is 0.419 bits per heavy atom. The first-order chi connectivity index (χ1) is 70.4. The number of ketones is 3. The number of aryl methyl sites for hydroxylation is 1. The standard InChI is InChI=1S/C38H32O2.C29H21BrN2O6.C28H20N2O5.C10H5BrN2O5.C7H8.C4H8O.CO.CH4.BH.U.H2/c1-25-30(26-17-9-5-10-18-26)38(29-23-15-8-16-24-29)36(3)32(28-21-13-7-14-22-28)31(27-19-11-6-12-20-27)35(2,34(36)40)37(38,4)33(25)39;1-27-21(16-9-5-3-6-10-16)22(17-11-7-4-8-12-17)28(2,25(27)35)29(30)23(27)24(34)31(26(29)36)18-13-14-20(33)19(15-18)32(37)38;1-16-23(18-9-5-3-6-10-18)24(19-11-7-4-8-12-19)17(2)26-25(16)27(32)29(28(26)33)20-13-14-22(31)21(15-20)30(34)35;11-6-4-9(15)12(10(6)16)5-1-2-8(14)7(3-5)13(17)18;1-7-5-3-2-4-6-7;1-2-4-5-3-1;1-2;;;;/h5-24H,1-4H3;3-15,23,33H,1-2H3;3-15,31H,1-2H3;1-4,14H;2-6H,1H3;1-4H2;;1H4;1H;;1H/i;;;;;;;;1D;;1+1. The number of hydrogen-bond donors (Lipinski definition) is 3. The second-order valence-corrected chi connectivity index (χ2v) is 39.0. The van der Waals surface area contributed by atoms with Gasteiger partial charge in [0, 0.05) is 78.4 Å². The molecule has 13 aromatic carbocycles. The third kappa shape index (κ3) is 17.3. The summed E-state index contributed by atoms with van der Waals surface area (Å²) in [6.07, 6.45) is 3.63. The van der Waals surface area contributed by atoms with E-state index >= 15 is 4.79 Å². The van der Waals surface area contributed by atoms with E-state index in [-0.39, 0.29) is 90.0 Å². The molecule has 148 heavy (non-hydrogen) atoms. The molecule has 8 unspecified atom stereocenters. The van der Waals surface area contributed by atoms with E-state index in [1.165, 1.54) is 36.6 Å². The van der Waals surface area contributed by atoms with Crippen molar-refractivity contribution in [1.29, 1.82) is 1.34 Å². The fourth-order valence-electron chi connectivity index (χ4n) is 23.3. The molecular formula is C118H101BBr2N6O20U. The summed E-state index contributed by atoms with van der Waals surface area (Å²) in [5.74, 6) is -6.43. The van der Waals surface area contributed by atoms with Crippen LogP contribution in [0.2, 0.25) is 0 Å². The van der Waals surface area contributed by atoms with E-state index in [2.05, 4.69) is 135 Å². The Balaban J connectivity index is 0.000000171. The molecule has 3 N–H and O–H groups in total. The molecule has 4 bridgehead atoms. The molecule has 2 saturated carbocycles. The fraction of sp³-hybridized carbons (Fsp3) is 0.186. The summed E-state index contributed by atoms with van der Waals surface area (Å²) >= 11 is 6.56. The average molecular weight is 2330 g/mol. The number of aromatic hydroxyl groups is 3. The Labute approximate surface area is 899 Å². The van der Waals surface area contributed by atoms with Gasteiger partial charge in [-0.15, -0.1) is 0 Å². The van der Waals surface area contributed by atoms with E-state index in [0.29, 0.717) is 22.3 Å². The number of Topliss-reactive ketones (excluding diaryl/α,β-unsaturated/α-hetero) is 3.